The Morgan fingerprint density at radius 3 is 2.81 bits per heavy atom. The Kier molecular flexibility index (Phi) is 3.84. The Balaban J connectivity index is 1.70. The van der Waals surface area contributed by atoms with Crippen LogP contribution in [0, 0.1) is 6.92 Å². The van der Waals surface area contributed by atoms with Crippen molar-refractivity contribution in [2.75, 3.05) is 0 Å². The molecule has 5 nitrogen and oxygen atoms in total. The molecule has 0 aliphatic heterocycles. The molecule has 21 heavy (non-hydrogen) atoms. The average molecular weight is 307 g/mol. The fraction of sp³-hybridized carbons (Fsp3) is 0.333. The summed E-state index contributed by atoms with van der Waals surface area (Å²) in [5, 5.41) is 7.38. The Morgan fingerprint density at radius 2 is 2.14 bits per heavy atom. The van der Waals surface area contributed by atoms with Crippen molar-refractivity contribution in [2.24, 2.45) is 0 Å². The van der Waals surface area contributed by atoms with Crippen molar-refractivity contribution in [3.63, 3.8) is 0 Å². The van der Waals surface area contributed by atoms with Crippen LogP contribution in [0.4, 0.5) is 0 Å². The highest BCUT2D eigenvalue weighted by Gasteiger charge is 2.27. The number of hydrogen-bond donors (Lipinski definition) is 1. The highest BCUT2D eigenvalue weighted by atomic mass is 35.5. The number of rotatable bonds is 5. The Morgan fingerprint density at radius 1 is 1.43 bits per heavy atom. The Labute approximate surface area is 127 Å². The molecule has 0 spiro atoms. The molecule has 1 aromatic carbocycles. The van der Waals surface area contributed by atoms with Gasteiger partial charge in [-0.3, -0.25) is 4.79 Å². The van der Waals surface area contributed by atoms with Crippen LogP contribution in [0.3, 0.4) is 0 Å². The molecule has 1 N–H and O–H groups in total. The van der Waals surface area contributed by atoms with Gasteiger partial charge in [-0.25, -0.2) is 0 Å². The Bertz CT molecular complexity index is 647. The van der Waals surface area contributed by atoms with E-state index in [9.17, 15) is 4.79 Å². The van der Waals surface area contributed by atoms with Crippen LogP contribution in [-0.4, -0.2) is 17.1 Å². The first-order valence-corrected chi connectivity index (χ1v) is 7.15. The first-order chi connectivity index (χ1) is 10.1. The number of nitrogens with zero attached hydrogens (tertiary/aromatic N) is 1. The van der Waals surface area contributed by atoms with Crippen LogP contribution in [0.25, 0.3) is 0 Å². The first kappa shape index (κ1) is 13.9. The van der Waals surface area contributed by atoms with Gasteiger partial charge < -0.3 is 14.6 Å². The third-order valence-corrected chi connectivity index (χ3v) is 3.56. The molecule has 1 amide bonds. The van der Waals surface area contributed by atoms with E-state index >= 15 is 0 Å². The van der Waals surface area contributed by atoms with Crippen molar-refractivity contribution in [3.05, 3.63) is 46.3 Å². The van der Waals surface area contributed by atoms with E-state index in [4.69, 9.17) is 20.9 Å². The van der Waals surface area contributed by atoms with Crippen molar-refractivity contribution in [2.45, 2.75) is 32.4 Å². The number of ether oxygens (including phenoxy) is 1. The zero-order valence-corrected chi connectivity index (χ0v) is 12.3. The van der Waals surface area contributed by atoms with Crippen LogP contribution in [0.15, 0.2) is 28.8 Å². The maximum atomic E-state index is 12.1. The number of benzene rings is 1. The van der Waals surface area contributed by atoms with Gasteiger partial charge in [0.25, 0.3) is 5.91 Å². The van der Waals surface area contributed by atoms with Gasteiger partial charge >= 0.3 is 0 Å². The molecular weight excluding hydrogens is 292 g/mol. The molecule has 1 aliphatic carbocycles. The molecule has 0 radical (unpaired) electrons. The minimum atomic E-state index is -0.205. The minimum absolute atomic E-state index is 0.205. The van der Waals surface area contributed by atoms with Gasteiger partial charge in [0.2, 0.25) is 0 Å². The largest absolute Gasteiger partial charge is 0.489 e. The van der Waals surface area contributed by atoms with E-state index in [0.717, 1.165) is 12.8 Å². The lowest BCUT2D eigenvalue weighted by atomic mass is 10.2. The second-order valence-electron chi connectivity index (χ2n) is 5.06. The fourth-order valence-corrected chi connectivity index (χ4v) is 2.03. The molecule has 1 aromatic heterocycles. The second kappa shape index (κ2) is 5.77. The molecule has 2 aromatic rings. The Hall–Kier alpha value is -2.01. The number of halogens is 1. The summed E-state index contributed by atoms with van der Waals surface area (Å²) in [4.78, 5) is 12.1. The van der Waals surface area contributed by atoms with E-state index in [2.05, 4.69) is 10.5 Å². The SMILES string of the molecule is Cc1onc(C(=O)NC2CC2)c1COc1ccc(Cl)cc1. The van der Waals surface area contributed by atoms with Crippen molar-refractivity contribution in [1.82, 2.24) is 10.5 Å². The molecule has 1 aliphatic rings. The number of nitrogens with one attached hydrogen (secondary N) is 1. The van der Waals surface area contributed by atoms with Crippen LogP contribution in [-0.2, 0) is 6.61 Å². The number of amides is 1. The van der Waals surface area contributed by atoms with Gasteiger partial charge in [0.05, 0.1) is 5.56 Å². The summed E-state index contributed by atoms with van der Waals surface area (Å²) >= 11 is 5.82. The quantitative estimate of drug-likeness (QED) is 0.922. The molecule has 0 atom stereocenters. The smallest absolute Gasteiger partial charge is 0.274 e. The number of carbonyl (C=O) groups is 1. The van der Waals surface area contributed by atoms with E-state index in [-0.39, 0.29) is 18.6 Å². The maximum Gasteiger partial charge on any atom is 0.274 e. The third-order valence-electron chi connectivity index (χ3n) is 3.31. The van der Waals surface area contributed by atoms with Gasteiger partial charge in [-0.05, 0) is 44.0 Å². The van der Waals surface area contributed by atoms with Crippen LogP contribution < -0.4 is 10.1 Å². The van der Waals surface area contributed by atoms with Crippen LogP contribution in [0.1, 0.15) is 34.7 Å². The molecule has 110 valence electrons. The molecular formula is C15H15ClN2O3. The van der Waals surface area contributed by atoms with Gasteiger partial charge in [0.15, 0.2) is 5.69 Å². The lowest BCUT2D eigenvalue weighted by Crippen LogP contribution is -2.26. The molecule has 6 heteroatoms. The summed E-state index contributed by atoms with van der Waals surface area (Å²) < 4.78 is 10.8. The van der Waals surface area contributed by atoms with Crippen LogP contribution in [0.2, 0.25) is 5.02 Å². The molecule has 1 fully saturated rings. The van der Waals surface area contributed by atoms with E-state index in [1.54, 1.807) is 31.2 Å². The van der Waals surface area contributed by atoms with Gasteiger partial charge in [-0.1, -0.05) is 16.8 Å². The minimum Gasteiger partial charge on any atom is -0.489 e. The molecule has 0 saturated heterocycles. The zero-order valence-electron chi connectivity index (χ0n) is 11.6. The average Bonchev–Trinajstić information content (AvgIpc) is 3.20. The van der Waals surface area contributed by atoms with Gasteiger partial charge in [-0.2, -0.15) is 0 Å². The highest BCUT2D eigenvalue weighted by Crippen LogP contribution is 2.22. The highest BCUT2D eigenvalue weighted by molar-refractivity contribution is 6.30. The lowest BCUT2D eigenvalue weighted by Gasteiger charge is -2.07. The van der Waals surface area contributed by atoms with Crippen LogP contribution >= 0.6 is 11.6 Å². The van der Waals surface area contributed by atoms with Gasteiger partial charge in [-0.15, -0.1) is 0 Å². The predicted molar refractivity (Wildman–Crippen MR) is 77.5 cm³/mol. The number of carbonyl (C=O) groups excluding carboxylic acids is 1. The zero-order chi connectivity index (χ0) is 14.8. The molecule has 0 unspecified atom stereocenters. The van der Waals surface area contributed by atoms with Crippen LogP contribution in [0.5, 0.6) is 5.75 Å². The van der Waals surface area contributed by atoms with Gasteiger partial charge in [0, 0.05) is 11.1 Å². The number of aryl methyl sites for hydroxylation is 1. The van der Waals surface area contributed by atoms with E-state index in [1.807, 2.05) is 0 Å². The summed E-state index contributed by atoms with van der Waals surface area (Å²) in [6.07, 6.45) is 2.05. The monoisotopic (exact) mass is 306 g/mol. The fourth-order valence-electron chi connectivity index (χ4n) is 1.91. The number of aromatic nitrogens is 1. The van der Waals surface area contributed by atoms with Crippen molar-refractivity contribution in [3.8, 4) is 5.75 Å². The molecule has 0 bridgehead atoms. The molecule has 3 rings (SSSR count). The maximum absolute atomic E-state index is 12.1. The summed E-state index contributed by atoms with van der Waals surface area (Å²) in [6, 6.07) is 7.32. The normalized spacial score (nSPS) is 14.0. The summed E-state index contributed by atoms with van der Waals surface area (Å²) in [5.41, 5.74) is 0.969. The van der Waals surface area contributed by atoms with Crippen molar-refractivity contribution in [1.29, 1.82) is 0 Å². The molecule has 1 heterocycles. The summed E-state index contributed by atoms with van der Waals surface area (Å²) in [6.45, 7) is 1.99. The van der Waals surface area contributed by atoms with Crippen molar-refractivity contribution < 1.29 is 14.1 Å². The van der Waals surface area contributed by atoms with E-state index in [1.165, 1.54) is 0 Å². The summed E-state index contributed by atoms with van der Waals surface area (Å²) in [7, 11) is 0. The molecule has 1 saturated carbocycles. The van der Waals surface area contributed by atoms with E-state index < -0.39 is 0 Å². The van der Waals surface area contributed by atoms with Gasteiger partial charge in [0.1, 0.15) is 18.1 Å². The summed E-state index contributed by atoms with van der Waals surface area (Å²) in [5.74, 6) is 1.06. The van der Waals surface area contributed by atoms with Crippen molar-refractivity contribution >= 4 is 17.5 Å². The second-order valence-corrected chi connectivity index (χ2v) is 5.49. The number of hydrogen-bond acceptors (Lipinski definition) is 4. The predicted octanol–water partition coefficient (Wildman–Crippen LogP) is 3.11. The first-order valence-electron chi connectivity index (χ1n) is 6.78. The topological polar surface area (TPSA) is 64.4 Å². The van der Waals surface area contributed by atoms with E-state index in [0.29, 0.717) is 27.8 Å². The third kappa shape index (κ3) is 3.36. The lowest BCUT2D eigenvalue weighted by molar-refractivity contribution is 0.0940. The standard InChI is InChI=1S/C15H15ClN2O3/c1-9-13(8-20-12-6-2-10(16)3-7-12)14(18-21-9)15(19)17-11-4-5-11/h2-3,6-7,11H,4-5,8H2,1H3,(H,17,19).